The molecule has 3 N–H and O–H groups in total. The zero-order chi connectivity index (χ0) is 15.2. The van der Waals surface area contributed by atoms with Crippen molar-refractivity contribution < 1.29 is 9.53 Å². The highest BCUT2D eigenvalue weighted by molar-refractivity contribution is 5.91. The maximum atomic E-state index is 11.8. The average Bonchev–Trinajstić information content (AvgIpc) is 2.40. The molecule has 2 aromatic rings. The molecule has 0 radical (unpaired) electrons. The second-order valence-corrected chi connectivity index (χ2v) is 4.30. The smallest absolute Gasteiger partial charge is 0.327 e. The number of aromatic amines is 2. The normalized spacial score (nSPS) is 10.1. The standard InChI is InChI=1S/C14H15N3O4/c1-2-21-10-5-3-9(4-6-10)7-12(18)15-11-8-13(19)17-14(20)16-11/h3-6,8H,2,7H2,1H3,(H3,15,16,17,18,19,20). The number of ether oxygens (including phenoxy) is 1. The summed E-state index contributed by atoms with van der Waals surface area (Å²) in [5.41, 5.74) is -0.447. The van der Waals surface area contributed by atoms with Gasteiger partial charge in [-0.1, -0.05) is 12.1 Å². The second-order valence-electron chi connectivity index (χ2n) is 4.30. The minimum Gasteiger partial charge on any atom is -0.494 e. The third kappa shape index (κ3) is 4.34. The van der Waals surface area contributed by atoms with Crippen molar-refractivity contribution >= 4 is 11.7 Å². The lowest BCUT2D eigenvalue weighted by Crippen LogP contribution is -2.25. The molecule has 110 valence electrons. The molecule has 1 aromatic heterocycles. The topological polar surface area (TPSA) is 104 Å². The van der Waals surface area contributed by atoms with E-state index < -0.39 is 11.2 Å². The van der Waals surface area contributed by atoms with Crippen molar-refractivity contribution in [3.05, 3.63) is 56.7 Å². The predicted octanol–water partition coefficient (Wildman–Crippen LogP) is 0.643. The number of anilines is 1. The molecular weight excluding hydrogens is 274 g/mol. The Morgan fingerprint density at radius 1 is 1.19 bits per heavy atom. The molecule has 1 aromatic carbocycles. The van der Waals surface area contributed by atoms with Crippen LogP contribution in [-0.4, -0.2) is 22.5 Å². The second kappa shape index (κ2) is 6.56. The number of amides is 1. The molecule has 7 heteroatoms. The Labute approximate surface area is 120 Å². The summed E-state index contributed by atoms with van der Waals surface area (Å²) >= 11 is 0. The molecule has 1 amide bonds. The summed E-state index contributed by atoms with van der Waals surface area (Å²) in [6, 6.07) is 8.23. The van der Waals surface area contributed by atoms with Crippen molar-refractivity contribution in [1.29, 1.82) is 0 Å². The van der Waals surface area contributed by atoms with Crippen molar-refractivity contribution in [3.63, 3.8) is 0 Å². The minimum absolute atomic E-state index is 0.0692. The van der Waals surface area contributed by atoms with Gasteiger partial charge in [-0.25, -0.2) is 4.79 Å². The molecule has 2 rings (SSSR count). The third-order valence-electron chi connectivity index (χ3n) is 2.63. The number of nitrogens with one attached hydrogen (secondary N) is 3. The summed E-state index contributed by atoms with van der Waals surface area (Å²) in [5.74, 6) is 0.473. The van der Waals surface area contributed by atoms with Crippen molar-refractivity contribution in [2.45, 2.75) is 13.3 Å². The van der Waals surface area contributed by atoms with Gasteiger partial charge in [-0.3, -0.25) is 19.6 Å². The van der Waals surface area contributed by atoms with Crippen LogP contribution in [0.3, 0.4) is 0 Å². The van der Waals surface area contributed by atoms with Crippen LogP contribution in [-0.2, 0) is 11.2 Å². The average molecular weight is 289 g/mol. The van der Waals surface area contributed by atoms with Crippen molar-refractivity contribution in [1.82, 2.24) is 9.97 Å². The molecule has 0 saturated carbocycles. The molecule has 7 nitrogen and oxygen atoms in total. The van der Waals surface area contributed by atoms with Crippen LogP contribution in [0.5, 0.6) is 5.75 Å². The Hall–Kier alpha value is -2.83. The number of rotatable bonds is 5. The number of carbonyl (C=O) groups excluding carboxylic acids is 1. The molecule has 0 spiro atoms. The van der Waals surface area contributed by atoms with E-state index in [1.54, 1.807) is 24.3 Å². The minimum atomic E-state index is -0.668. The Balaban J connectivity index is 2.01. The van der Waals surface area contributed by atoms with E-state index in [2.05, 4.69) is 10.3 Å². The van der Waals surface area contributed by atoms with E-state index in [4.69, 9.17) is 4.74 Å². The Morgan fingerprint density at radius 2 is 1.90 bits per heavy atom. The molecule has 0 fully saturated rings. The van der Waals surface area contributed by atoms with Gasteiger partial charge in [0, 0.05) is 6.07 Å². The van der Waals surface area contributed by atoms with Crippen LogP contribution in [0.25, 0.3) is 0 Å². The molecule has 0 saturated heterocycles. The summed E-state index contributed by atoms with van der Waals surface area (Å²) in [4.78, 5) is 38.4. The number of H-pyrrole nitrogens is 2. The fraction of sp³-hybridized carbons (Fsp3) is 0.214. The van der Waals surface area contributed by atoms with Crippen LogP contribution in [0.15, 0.2) is 39.9 Å². The van der Waals surface area contributed by atoms with Crippen LogP contribution in [0.4, 0.5) is 5.82 Å². The summed E-state index contributed by atoms with van der Waals surface area (Å²) in [6.45, 7) is 2.47. The first-order chi connectivity index (χ1) is 10.1. The van der Waals surface area contributed by atoms with Crippen LogP contribution < -0.4 is 21.3 Å². The highest BCUT2D eigenvalue weighted by atomic mass is 16.5. The number of hydrogen-bond donors (Lipinski definition) is 3. The van der Waals surface area contributed by atoms with E-state index in [0.29, 0.717) is 6.61 Å². The van der Waals surface area contributed by atoms with Crippen molar-refractivity contribution in [2.75, 3.05) is 11.9 Å². The summed E-state index contributed by atoms with van der Waals surface area (Å²) in [6.07, 6.45) is 0.126. The maximum absolute atomic E-state index is 11.8. The van der Waals surface area contributed by atoms with E-state index in [1.165, 1.54) is 0 Å². The number of carbonyl (C=O) groups is 1. The van der Waals surface area contributed by atoms with Crippen LogP contribution in [0.2, 0.25) is 0 Å². The van der Waals surface area contributed by atoms with Gasteiger partial charge >= 0.3 is 5.69 Å². The number of hydrogen-bond acceptors (Lipinski definition) is 4. The van der Waals surface area contributed by atoms with Crippen LogP contribution >= 0.6 is 0 Å². The van der Waals surface area contributed by atoms with E-state index in [9.17, 15) is 14.4 Å². The Bertz CT molecular complexity index is 703. The molecule has 0 unspecified atom stereocenters. The maximum Gasteiger partial charge on any atom is 0.327 e. The van der Waals surface area contributed by atoms with Gasteiger partial charge in [0.1, 0.15) is 11.6 Å². The van der Waals surface area contributed by atoms with Crippen molar-refractivity contribution in [3.8, 4) is 5.75 Å². The Morgan fingerprint density at radius 3 is 2.52 bits per heavy atom. The predicted molar refractivity (Wildman–Crippen MR) is 77.6 cm³/mol. The fourth-order valence-electron chi connectivity index (χ4n) is 1.79. The molecule has 1 heterocycles. The van der Waals surface area contributed by atoms with E-state index in [1.807, 2.05) is 11.9 Å². The lowest BCUT2D eigenvalue weighted by Gasteiger charge is -2.06. The first-order valence-electron chi connectivity index (χ1n) is 6.42. The quantitative estimate of drug-likeness (QED) is 0.751. The van der Waals surface area contributed by atoms with E-state index in [0.717, 1.165) is 17.4 Å². The van der Waals surface area contributed by atoms with Gasteiger partial charge in [-0.15, -0.1) is 0 Å². The van der Waals surface area contributed by atoms with Gasteiger partial charge in [0.2, 0.25) is 5.91 Å². The summed E-state index contributed by atoms with van der Waals surface area (Å²) < 4.78 is 5.31. The highest BCUT2D eigenvalue weighted by Gasteiger charge is 2.06. The number of benzene rings is 1. The zero-order valence-electron chi connectivity index (χ0n) is 11.4. The SMILES string of the molecule is CCOc1ccc(CC(=O)Nc2cc(=O)[nH]c(=O)[nH]2)cc1. The van der Waals surface area contributed by atoms with Crippen molar-refractivity contribution in [2.24, 2.45) is 0 Å². The molecule has 0 aliphatic rings. The zero-order valence-corrected chi connectivity index (χ0v) is 11.4. The molecule has 0 aliphatic carbocycles. The van der Waals surface area contributed by atoms with E-state index in [-0.39, 0.29) is 18.1 Å². The monoisotopic (exact) mass is 289 g/mol. The molecule has 0 bridgehead atoms. The van der Waals surface area contributed by atoms with Gasteiger partial charge in [0.05, 0.1) is 13.0 Å². The lowest BCUT2D eigenvalue weighted by molar-refractivity contribution is -0.115. The molecule has 0 aliphatic heterocycles. The third-order valence-corrected chi connectivity index (χ3v) is 2.63. The van der Waals surface area contributed by atoms with Gasteiger partial charge in [-0.2, -0.15) is 0 Å². The Kier molecular flexibility index (Phi) is 4.55. The van der Waals surface area contributed by atoms with E-state index >= 15 is 0 Å². The summed E-state index contributed by atoms with van der Waals surface area (Å²) in [7, 11) is 0. The molecule has 0 atom stereocenters. The highest BCUT2D eigenvalue weighted by Crippen LogP contribution is 2.12. The molecule has 21 heavy (non-hydrogen) atoms. The van der Waals surface area contributed by atoms with Crippen LogP contribution in [0.1, 0.15) is 12.5 Å². The first kappa shape index (κ1) is 14.6. The van der Waals surface area contributed by atoms with Crippen LogP contribution in [0, 0.1) is 0 Å². The van der Waals surface area contributed by atoms with Gasteiger partial charge < -0.3 is 10.1 Å². The van der Waals surface area contributed by atoms with Gasteiger partial charge in [-0.05, 0) is 24.6 Å². The fourth-order valence-corrected chi connectivity index (χ4v) is 1.79. The van der Waals surface area contributed by atoms with Gasteiger partial charge in [0.25, 0.3) is 5.56 Å². The largest absolute Gasteiger partial charge is 0.494 e. The summed E-state index contributed by atoms with van der Waals surface area (Å²) in [5, 5.41) is 2.47. The lowest BCUT2D eigenvalue weighted by atomic mass is 10.1. The number of aromatic nitrogens is 2. The molecular formula is C14H15N3O4. The van der Waals surface area contributed by atoms with Gasteiger partial charge in [0.15, 0.2) is 0 Å². The first-order valence-corrected chi connectivity index (χ1v) is 6.42.